The lowest BCUT2D eigenvalue weighted by atomic mass is 9.97. The Morgan fingerprint density at radius 3 is 2.67 bits per heavy atom. The van der Waals surface area contributed by atoms with Crippen molar-refractivity contribution in [1.29, 1.82) is 0 Å². The van der Waals surface area contributed by atoms with Crippen LogP contribution < -0.4 is 5.56 Å². The lowest BCUT2D eigenvalue weighted by Crippen LogP contribution is -2.42. The quantitative estimate of drug-likeness (QED) is 0.345. The Bertz CT molecular complexity index is 1780. The minimum atomic E-state index is -0.246. The molecule has 1 N–H and O–H groups in total. The van der Waals surface area contributed by atoms with Crippen LogP contribution in [-0.2, 0) is 11.3 Å². The molecule has 1 fully saturated rings. The van der Waals surface area contributed by atoms with Crippen molar-refractivity contribution in [3.63, 3.8) is 0 Å². The Kier molecular flexibility index (Phi) is 5.82. The number of fused-ring (bicyclic) bond motifs is 4. The number of carbonyl (C=O) groups excluding carboxylic acids is 1. The van der Waals surface area contributed by atoms with Gasteiger partial charge in [0.1, 0.15) is 11.3 Å². The molecule has 1 atom stereocenters. The maximum atomic E-state index is 14.2. The maximum absolute atomic E-state index is 14.2. The monoisotopic (exact) mass is 541 g/mol. The molecule has 0 saturated carbocycles. The Labute approximate surface area is 229 Å². The highest BCUT2D eigenvalue weighted by Gasteiger charge is 2.33. The van der Waals surface area contributed by atoms with E-state index in [1.807, 2.05) is 58.7 Å². The number of nitrogens with one attached hydrogen (secondary N) is 1. The van der Waals surface area contributed by atoms with Crippen LogP contribution in [0.25, 0.3) is 16.6 Å². The van der Waals surface area contributed by atoms with Crippen LogP contribution in [0.4, 0.5) is 0 Å². The number of rotatable bonds is 3. The summed E-state index contributed by atoms with van der Waals surface area (Å²) in [5.74, 6) is 1.03. The van der Waals surface area contributed by atoms with Crippen molar-refractivity contribution in [1.82, 2.24) is 23.8 Å². The molecule has 2 aromatic carbocycles. The van der Waals surface area contributed by atoms with Gasteiger partial charge < -0.3 is 19.2 Å². The molecule has 0 bridgehead atoms. The molecule has 1 unspecified atom stereocenters. The topological polar surface area (TPSA) is 84.6 Å². The van der Waals surface area contributed by atoms with E-state index in [4.69, 9.17) is 16.3 Å². The molecule has 5 heterocycles. The van der Waals surface area contributed by atoms with E-state index in [2.05, 4.69) is 26.8 Å². The second-order valence-electron chi connectivity index (χ2n) is 10.4. The Morgan fingerprint density at radius 2 is 1.87 bits per heavy atom. The normalized spacial score (nSPS) is 18.1. The first-order valence-corrected chi connectivity index (χ1v) is 13.7. The zero-order valence-electron chi connectivity index (χ0n) is 21.6. The number of imidazole rings is 1. The number of aryl methyl sites for hydroxylation is 1. The molecule has 1 saturated heterocycles. The summed E-state index contributed by atoms with van der Waals surface area (Å²) in [5, 5.41) is 0.656. The highest BCUT2D eigenvalue weighted by atomic mass is 35.5. The van der Waals surface area contributed by atoms with Gasteiger partial charge in [-0.2, -0.15) is 0 Å². The molecule has 2 aliphatic rings. The molecule has 0 radical (unpaired) electrons. The predicted molar refractivity (Wildman–Crippen MR) is 150 cm³/mol. The van der Waals surface area contributed by atoms with Crippen LogP contribution in [0, 0.1) is 6.92 Å². The molecule has 0 aliphatic carbocycles. The highest BCUT2D eigenvalue weighted by Crippen LogP contribution is 2.35. The van der Waals surface area contributed by atoms with E-state index in [-0.39, 0.29) is 23.4 Å². The van der Waals surface area contributed by atoms with Crippen LogP contribution in [0.2, 0.25) is 5.02 Å². The summed E-state index contributed by atoms with van der Waals surface area (Å²) < 4.78 is 9.71. The van der Waals surface area contributed by atoms with Crippen LogP contribution in [0.1, 0.15) is 57.8 Å². The fourth-order valence-corrected chi connectivity index (χ4v) is 6.30. The lowest BCUT2D eigenvalue weighted by Gasteiger charge is -2.37. The lowest BCUT2D eigenvalue weighted by molar-refractivity contribution is 0.0663. The van der Waals surface area contributed by atoms with E-state index in [9.17, 15) is 9.59 Å². The average molecular weight is 542 g/mol. The molecule has 3 aromatic heterocycles. The molecule has 2 aliphatic heterocycles. The van der Waals surface area contributed by atoms with Crippen molar-refractivity contribution >= 4 is 34.1 Å². The molecule has 1 amide bonds. The minimum absolute atomic E-state index is 0.0713. The number of nitrogens with zero attached hydrogens (tertiary/aromatic N) is 4. The summed E-state index contributed by atoms with van der Waals surface area (Å²) in [7, 11) is 0. The second-order valence-corrected chi connectivity index (χ2v) is 10.9. The number of hydrogen-bond donors (Lipinski definition) is 1. The van der Waals surface area contributed by atoms with E-state index in [0.29, 0.717) is 47.9 Å². The summed E-state index contributed by atoms with van der Waals surface area (Å²) in [4.78, 5) is 36.9. The SMILES string of the molecule is Cc1cc2c(cc1C(=O)N1CCn3cccc3C1c1ccc(Cl)cc1)[nH]c(=O)c1cnc(C3CCOCC3)n12. The number of aromatic nitrogens is 4. The number of amides is 1. The van der Waals surface area contributed by atoms with E-state index in [1.54, 1.807) is 6.20 Å². The fourth-order valence-electron chi connectivity index (χ4n) is 6.17. The van der Waals surface area contributed by atoms with Gasteiger partial charge in [-0.15, -0.1) is 0 Å². The van der Waals surface area contributed by atoms with Crippen molar-refractivity contribution in [2.75, 3.05) is 19.8 Å². The van der Waals surface area contributed by atoms with Crippen molar-refractivity contribution < 1.29 is 9.53 Å². The summed E-state index contributed by atoms with van der Waals surface area (Å²) in [6.07, 6.45) is 5.44. The van der Waals surface area contributed by atoms with Gasteiger partial charge in [-0.25, -0.2) is 4.98 Å². The minimum Gasteiger partial charge on any atom is -0.381 e. The van der Waals surface area contributed by atoms with Crippen LogP contribution >= 0.6 is 11.6 Å². The van der Waals surface area contributed by atoms with Gasteiger partial charge in [0.15, 0.2) is 0 Å². The fraction of sp³-hybridized carbons (Fsp3) is 0.300. The first-order valence-electron chi connectivity index (χ1n) is 13.3. The van der Waals surface area contributed by atoms with Gasteiger partial charge in [-0.05, 0) is 67.3 Å². The predicted octanol–water partition coefficient (Wildman–Crippen LogP) is 5.08. The van der Waals surface area contributed by atoms with Crippen LogP contribution in [0.15, 0.2) is 65.7 Å². The Hall–Kier alpha value is -3.88. The summed E-state index contributed by atoms with van der Waals surface area (Å²) in [5.41, 5.74) is 5.25. The molecular formula is C30H28ClN5O3. The largest absolute Gasteiger partial charge is 0.381 e. The molecule has 7 rings (SSSR count). The summed E-state index contributed by atoms with van der Waals surface area (Å²) >= 11 is 6.18. The van der Waals surface area contributed by atoms with Crippen LogP contribution in [0.3, 0.4) is 0 Å². The third kappa shape index (κ3) is 3.97. The zero-order chi connectivity index (χ0) is 26.7. The van der Waals surface area contributed by atoms with Gasteiger partial charge in [0.05, 0.1) is 23.3 Å². The van der Waals surface area contributed by atoms with Crippen molar-refractivity contribution in [3.05, 3.63) is 105 Å². The number of benzene rings is 2. The maximum Gasteiger partial charge on any atom is 0.274 e. The third-order valence-electron chi connectivity index (χ3n) is 8.16. The molecule has 198 valence electrons. The molecule has 8 nitrogen and oxygen atoms in total. The number of hydrogen-bond acceptors (Lipinski definition) is 4. The number of carbonyl (C=O) groups is 1. The summed E-state index contributed by atoms with van der Waals surface area (Å²) in [6.45, 7) is 4.61. The van der Waals surface area contributed by atoms with Crippen LogP contribution in [-0.4, -0.2) is 49.5 Å². The number of aromatic amines is 1. The molecular weight excluding hydrogens is 514 g/mol. The van der Waals surface area contributed by atoms with E-state index in [0.717, 1.165) is 41.0 Å². The smallest absolute Gasteiger partial charge is 0.274 e. The van der Waals surface area contributed by atoms with Gasteiger partial charge in [-0.1, -0.05) is 23.7 Å². The first-order chi connectivity index (χ1) is 19.0. The number of ether oxygens (including phenoxy) is 1. The highest BCUT2D eigenvalue weighted by molar-refractivity contribution is 6.30. The third-order valence-corrected chi connectivity index (χ3v) is 8.41. The summed E-state index contributed by atoms with van der Waals surface area (Å²) in [6, 6.07) is 15.3. The molecule has 5 aromatic rings. The standard InChI is InChI=1S/C30H28ClN5O3/c1-18-15-25-23(33-29(37)26-17-32-28(36(25)26)20-8-13-39-14-9-20)16-22(18)30(38)35-12-11-34-10-2-3-24(34)27(35)19-4-6-21(31)7-5-19/h2-7,10,15-17,20,27H,8-9,11-14H2,1H3,(H,33,37). The number of H-pyrrole nitrogens is 1. The van der Waals surface area contributed by atoms with Crippen LogP contribution in [0.5, 0.6) is 0 Å². The van der Waals surface area contributed by atoms with Gasteiger partial charge in [0.2, 0.25) is 0 Å². The van der Waals surface area contributed by atoms with Crippen molar-refractivity contribution in [2.24, 2.45) is 0 Å². The first kappa shape index (κ1) is 24.2. The molecule has 0 spiro atoms. The van der Waals surface area contributed by atoms with Gasteiger partial charge in [-0.3, -0.25) is 14.0 Å². The second kappa shape index (κ2) is 9.39. The van der Waals surface area contributed by atoms with Gasteiger partial charge >= 0.3 is 0 Å². The van der Waals surface area contributed by atoms with E-state index >= 15 is 0 Å². The molecule has 9 heteroatoms. The van der Waals surface area contributed by atoms with Gasteiger partial charge in [0, 0.05) is 54.7 Å². The Morgan fingerprint density at radius 1 is 1.08 bits per heavy atom. The molecule has 39 heavy (non-hydrogen) atoms. The Balaban J connectivity index is 1.34. The average Bonchev–Trinajstić information content (AvgIpc) is 3.62. The van der Waals surface area contributed by atoms with Crippen molar-refractivity contribution in [2.45, 2.75) is 38.3 Å². The number of halogens is 1. The van der Waals surface area contributed by atoms with E-state index < -0.39 is 0 Å². The van der Waals surface area contributed by atoms with Gasteiger partial charge in [0.25, 0.3) is 11.5 Å². The van der Waals surface area contributed by atoms with E-state index in [1.165, 1.54) is 0 Å². The zero-order valence-corrected chi connectivity index (χ0v) is 22.3. The van der Waals surface area contributed by atoms with Crippen molar-refractivity contribution in [3.8, 4) is 0 Å².